The van der Waals surface area contributed by atoms with Crippen LogP contribution in [0.1, 0.15) is 59.5 Å². The summed E-state index contributed by atoms with van der Waals surface area (Å²) in [6.45, 7) is 1.46. The molecular formula is C17H19ClN4O. The second-order valence-electron chi connectivity index (χ2n) is 6.40. The summed E-state index contributed by atoms with van der Waals surface area (Å²) in [5.74, 6) is 2.91. The molecule has 0 unspecified atom stereocenters. The van der Waals surface area contributed by atoms with E-state index < -0.39 is 0 Å². The van der Waals surface area contributed by atoms with Gasteiger partial charge in [-0.05, 0) is 37.8 Å². The Labute approximate surface area is 140 Å². The second-order valence-corrected chi connectivity index (χ2v) is 6.81. The van der Waals surface area contributed by atoms with Gasteiger partial charge in [0, 0.05) is 24.9 Å². The molecule has 1 aliphatic heterocycles. The van der Waals surface area contributed by atoms with Crippen LogP contribution in [0.25, 0.3) is 0 Å². The summed E-state index contributed by atoms with van der Waals surface area (Å²) in [5.41, 5.74) is 0.586. The lowest BCUT2D eigenvalue weighted by molar-refractivity contribution is 0.0711. The van der Waals surface area contributed by atoms with Crippen molar-refractivity contribution in [3.05, 3.63) is 46.5 Å². The smallest absolute Gasteiger partial charge is 0.255 e. The lowest BCUT2D eigenvalue weighted by Gasteiger charge is -2.31. The average molecular weight is 331 g/mol. The first-order chi connectivity index (χ1) is 11.2. The number of benzene rings is 1. The second kappa shape index (κ2) is 5.96. The number of halogens is 1. The minimum atomic E-state index is 0.0188. The van der Waals surface area contributed by atoms with Gasteiger partial charge in [0.15, 0.2) is 5.82 Å². The molecule has 4 rings (SSSR count). The zero-order valence-corrected chi connectivity index (χ0v) is 13.6. The molecule has 1 N–H and O–H groups in total. The molecule has 2 fully saturated rings. The van der Waals surface area contributed by atoms with E-state index in [9.17, 15) is 4.79 Å². The molecule has 1 aromatic heterocycles. The fourth-order valence-electron chi connectivity index (χ4n) is 3.16. The van der Waals surface area contributed by atoms with E-state index >= 15 is 0 Å². The monoisotopic (exact) mass is 330 g/mol. The number of carbonyl (C=O) groups is 1. The van der Waals surface area contributed by atoms with E-state index in [2.05, 4.69) is 15.2 Å². The molecular weight excluding hydrogens is 312 g/mol. The van der Waals surface area contributed by atoms with Crippen molar-refractivity contribution in [2.75, 3.05) is 13.1 Å². The summed E-state index contributed by atoms with van der Waals surface area (Å²) in [6.07, 6.45) is 4.25. The van der Waals surface area contributed by atoms with Crippen LogP contribution in [0.2, 0.25) is 5.02 Å². The number of likely N-dealkylation sites (tertiary alicyclic amines) is 1. The first-order valence-electron chi connectivity index (χ1n) is 8.18. The number of hydrogen-bond acceptors (Lipinski definition) is 3. The Bertz CT molecular complexity index is 717. The SMILES string of the molecule is O=C(c1ccccc1Cl)N1CCC(c2nc(C3CC3)n[nH]2)CC1. The van der Waals surface area contributed by atoms with E-state index in [1.54, 1.807) is 12.1 Å². The van der Waals surface area contributed by atoms with Crippen LogP contribution in [0, 0.1) is 0 Å². The van der Waals surface area contributed by atoms with Gasteiger partial charge in [0.2, 0.25) is 0 Å². The maximum absolute atomic E-state index is 12.6. The van der Waals surface area contributed by atoms with E-state index in [0.29, 0.717) is 22.4 Å². The maximum Gasteiger partial charge on any atom is 0.255 e. The van der Waals surface area contributed by atoms with Crippen LogP contribution in [-0.4, -0.2) is 39.1 Å². The molecule has 0 spiro atoms. The van der Waals surface area contributed by atoms with Crippen LogP contribution in [0.5, 0.6) is 0 Å². The van der Waals surface area contributed by atoms with Gasteiger partial charge in [-0.15, -0.1) is 0 Å². The highest BCUT2D eigenvalue weighted by Gasteiger charge is 2.31. The first-order valence-corrected chi connectivity index (χ1v) is 8.56. The molecule has 1 saturated carbocycles. The number of rotatable bonds is 3. The number of piperidine rings is 1. The molecule has 6 heteroatoms. The number of amides is 1. The molecule has 0 bridgehead atoms. The third-order valence-corrected chi connectivity index (χ3v) is 5.07. The predicted octanol–water partition coefficient (Wildman–Crippen LogP) is 3.36. The van der Waals surface area contributed by atoms with Crippen LogP contribution in [0.4, 0.5) is 0 Å². The maximum atomic E-state index is 12.6. The normalized spacial score (nSPS) is 19.1. The Morgan fingerprint density at radius 2 is 1.87 bits per heavy atom. The summed E-state index contributed by atoms with van der Waals surface area (Å²) in [7, 11) is 0. The number of aromatic nitrogens is 3. The third-order valence-electron chi connectivity index (χ3n) is 4.74. The first kappa shape index (κ1) is 14.7. The average Bonchev–Trinajstić information content (AvgIpc) is 3.32. The molecule has 1 amide bonds. The van der Waals surface area contributed by atoms with Gasteiger partial charge in [-0.3, -0.25) is 9.89 Å². The van der Waals surface area contributed by atoms with E-state index in [-0.39, 0.29) is 5.91 Å². The van der Waals surface area contributed by atoms with Crippen LogP contribution in [0.3, 0.4) is 0 Å². The van der Waals surface area contributed by atoms with Crippen molar-refractivity contribution in [2.24, 2.45) is 0 Å². The minimum Gasteiger partial charge on any atom is -0.339 e. The van der Waals surface area contributed by atoms with E-state index in [1.165, 1.54) is 12.8 Å². The van der Waals surface area contributed by atoms with E-state index in [0.717, 1.165) is 37.6 Å². The van der Waals surface area contributed by atoms with Gasteiger partial charge >= 0.3 is 0 Å². The number of carbonyl (C=O) groups excluding carboxylic acids is 1. The molecule has 5 nitrogen and oxygen atoms in total. The zero-order valence-electron chi connectivity index (χ0n) is 12.8. The highest BCUT2D eigenvalue weighted by molar-refractivity contribution is 6.33. The molecule has 1 aliphatic carbocycles. The summed E-state index contributed by atoms with van der Waals surface area (Å²) in [6, 6.07) is 7.23. The standard InChI is InChI=1S/C17H19ClN4O/c18-14-4-2-1-3-13(14)17(23)22-9-7-12(8-10-22)16-19-15(20-21-16)11-5-6-11/h1-4,11-12H,5-10H2,(H,19,20,21). The quantitative estimate of drug-likeness (QED) is 0.938. The van der Waals surface area contributed by atoms with Crippen molar-refractivity contribution < 1.29 is 4.79 Å². The summed E-state index contributed by atoms with van der Waals surface area (Å²) in [4.78, 5) is 19.1. The Morgan fingerprint density at radius 3 is 2.57 bits per heavy atom. The Kier molecular flexibility index (Phi) is 3.81. The molecule has 1 aromatic carbocycles. The largest absolute Gasteiger partial charge is 0.339 e. The van der Waals surface area contributed by atoms with Gasteiger partial charge < -0.3 is 4.90 Å². The fraction of sp³-hybridized carbons (Fsp3) is 0.471. The van der Waals surface area contributed by atoms with Gasteiger partial charge in [0.05, 0.1) is 10.6 Å². The van der Waals surface area contributed by atoms with Crippen LogP contribution in [-0.2, 0) is 0 Å². The Morgan fingerprint density at radius 1 is 1.13 bits per heavy atom. The van der Waals surface area contributed by atoms with Gasteiger partial charge in [-0.2, -0.15) is 5.10 Å². The Balaban J connectivity index is 1.40. The minimum absolute atomic E-state index is 0.0188. The highest BCUT2D eigenvalue weighted by atomic mass is 35.5. The summed E-state index contributed by atoms with van der Waals surface area (Å²) < 4.78 is 0. The van der Waals surface area contributed by atoms with Crippen molar-refractivity contribution in [3.63, 3.8) is 0 Å². The number of hydrogen-bond donors (Lipinski definition) is 1. The molecule has 2 heterocycles. The highest BCUT2D eigenvalue weighted by Crippen LogP contribution is 2.38. The molecule has 0 atom stereocenters. The number of nitrogens with zero attached hydrogens (tertiary/aromatic N) is 3. The molecule has 120 valence electrons. The predicted molar refractivity (Wildman–Crippen MR) is 87.7 cm³/mol. The van der Waals surface area contributed by atoms with Crippen molar-refractivity contribution in [2.45, 2.75) is 37.5 Å². The van der Waals surface area contributed by atoms with E-state index in [4.69, 9.17) is 11.6 Å². The number of H-pyrrole nitrogens is 1. The van der Waals surface area contributed by atoms with Gasteiger partial charge in [0.1, 0.15) is 5.82 Å². The third kappa shape index (κ3) is 2.98. The molecule has 2 aromatic rings. The topological polar surface area (TPSA) is 61.9 Å². The molecule has 0 radical (unpaired) electrons. The van der Waals surface area contributed by atoms with Crippen molar-refractivity contribution in [1.82, 2.24) is 20.1 Å². The summed E-state index contributed by atoms with van der Waals surface area (Å²) in [5, 5.41) is 7.95. The van der Waals surface area contributed by atoms with Crippen LogP contribution in [0.15, 0.2) is 24.3 Å². The van der Waals surface area contributed by atoms with Gasteiger partial charge in [0.25, 0.3) is 5.91 Å². The van der Waals surface area contributed by atoms with Crippen LogP contribution >= 0.6 is 11.6 Å². The molecule has 1 saturated heterocycles. The fourth-order valence-corrected chi connectivity index (χ4v) is 3.37. The lowest BCUT2D eigenvalue weighted by atomic mass is 9.95. The van der Waals surface area contributed by atoms with Crippen LogP contribution < -0.4 is 0 Å². The number of nitrogens with one attached hydrogen (secondary N) is 1. The van der Waals surface area contributed by atoms with Crippen molar-refractivity contribution >= 4 is 17.5 Å². The molecule has 23 heavy (non-hydrogen) atoms. The van der Waals surface area contributed by atoms with Crippen molar-refractivity contribution in [3.8, 4) is 0 Å². The van der Waals surface area contributed by atoms with Crippen molar-refractivity contribution in [1.29, 1.82) is 0 Å². The Hall–Kier alpha value is -1.88. The van der Waals surface area contributed by atoms with Gasteiger partial charge in [-0.25, -0.2) is 4.98 Å². The van der Waals surface area contributed by atoms with Gasteiger partial charge in [-0.1, -0.05) is 23.7 Å². The lowest BCUT2D eigenvalue weighted by Crippen LogP contribution is -2.38. The zero-order chi connectivity index (χ0) is 15.8. The molecule has 2 aliphatic rings. The summed E-state index contributed by atoms with van der Waals surface area (Å²) >= 11 is 6.13. The van der Waals surface area contributed by atoms with E-state index in [1.807, 2.05) is 17.0 Å². The number of aromatic amines is 1.